The molecule has 0 aromatic heterocycles. The van der Waals surface area contributed by atoms with Gasteiger partial charge in [0, 0.05) is 10.9 Å². The van der Waals surface area contributed by atoms with Gasteiger partial charge >= 0.3 is 0 Å². The van der Waals surface area contributed by atoms with E-state index < -0.39 is 0 Å². The Balaban J connectivity index is 1.46. The lowest BCUT2D eigenvalue weighted by molar-refractivity contribution is -0.117. The monoisotopic (exact) mass is 393 g/mol. The molecule has 0 aliphatic heterocycles. The van der Waals surface area contributed by atoms with Gasteiger partial charge < -0.3 is 14.8 Å². The van der Waals surface area contributed by atoms with Crippen LogP contribution in [0.2, 0.25) is 5.02 Å². The second kappa shape index (κ2) is 7.95. The minimum Gasteiger partial charge on any atom is -0.497 e. The summed E-state index contributed by atoms with van der Waals surface area (Å²) in [7, 11) is 1.64. The molecule has 0 heterocycles. The van der Waals surface area contributed by atoms with E-state index in [1.807, 2.05) is 54.6 Å². The van der Waals surface area contributed by atoms with Crippen LogP contribution in [0.1, 0.15) is 17.9 Å². The highest BCUT2D eigenvalue weighted by atomic mass is 35.5. The fourth-order valence-electron chi connectivity index (χ4n) is 3.23. The quantitative estimate of drug-likeness (QED) is 0.568. The number of hydrogen-bond acceptors (Lipinski definition) is 3. The minimum atomic E-state index is -0.0584. The molecule has 3 aromatic carbocycles. The van der Waals surface area contributed by atoms with E-state index in [0.29, 0.717) is 22.2 Å². The summed E-state index contributed by atoms with van der Waals surface area (Å²) in [5.74, 6) is 2.21. The van der Waals surface area contributed by atoms with Crippen molar-refractivity contribution in [3.05, 3.63) is 83.4 Å². The van der Waals surface area contributed by atoms with E-state index in [0.717, 1.165) is 17.7 Å². The van der Waals surface area contributed by atoms with Crippen molar-refractivity contribution < 1.29 is 14.3 Å². The molecule has 1 aliphatic rings. The Bertz CT molecular complexity index is 973. The Morgan fingerprint density at radius 2 is 1.75 bits per heavy atom. The number of carbonyl (C=O) groups is 1. The van der Waals surface area contributed by atoms with Crippen molar-refractivity contribution in [1.82, 2.24) is 0 Å². The lowest BCUT2D eigenvalue weighted by Crippen LogP contribution is -2.15. The van der Waals surface area contributed by atoms with Crippen molar-refractivity contribution in [3.8, 4) is 17.2 Å². The molecule has 1 aliphatic carbocycles. The van der Waals surface area contributed by atoms with Gasteiger partial charge in [0.15, 0.2) is 5.75 Å². The van der Waals surface area contributed by atoms with Crippen molar-refractivity contribution in [2.45, 2.75) is 12.3 Å². The Morgan fingerprint density at radius 3 is 2.46 bits per heavy atom. The van der Waals surface area contributed by atoms with Crippen LogP contribution in [0, 0.1) is 5.92 Å². The number of benzene rings is 3. The van der Waals surface area contributed by atoms with Gasteiger partial charge in [0.05, 0.1) is 12.8 Å². The van der Waals surface area contributed by atoms with Gasteiger partial charge in [-0.1, -0.05) is 41.9 Å². The van der Waals surface area contributed by atoms with Gasteiger partial charge in [-0.05, 0) is 60.4 Å². The predicted octanol–water partition coefficient (Wildman–Crippen LogP) is 5.88. The zero-order valence-electron chi connectivity index (χ0n) is 15.4. The molecule has 0 saturated heterocycles. The van der Waals surface area contributed by atoms with Crippen molar-refractivity contribution in [2.24, 2.45) is 5.92 Å². The second-order valence-electron chi connectivity index (χ2n) is 6.77. The molecule has 0 radical (unpaired) electrons. The Kier molecular flexibility index (Phi) is 5.22. The number of amides is 1. The molecule has 28 heavy (non-hydrogen) atoms. The summed E-state index contributed by atoms with van der Waals surface area (Å²) in [6.45, 7) is 0. The first kappa shape index (κ1) is 18.4. The van der Waals surface area contributed by atoms with Gasteiger partial charge in [-0.3, -0.25) is 4.79 Å². The summed E-state index contributed by atoms with van der Waals surface area (Å²) in [5.41, 5.74) is 1.72. The normalized spacial score (nSPS) is 17.6. The van der Waals surface area contributed by atoms with Crippen LogP contribution < -0.4 is 14.8 Å². The van der Waals surface area contributed by atoms with Crippen molar-refractivity contribution in [3.63, 3.8) is 0 Å². The molecule has 1 amide bonds. The number of anilines is 1. The summed E-state index contributed by atoms with van der Waals surface area (Å²) in [6.07, 6.45) is 0.827. The summed E-state index contributed by atoms with van der Waals surface area (Å²) in [5, 5.41) is 3.52. The third-order valence-corrected chi connectivity index (χ3v) is 5.08. The molecule has 142 valence electrons. The summed E-state index contributed by atoms with van der Waals surface area (Å²) < 4.78 is 11.1. The van der Waals surface area contributed by atoms with E-state index >= 15 is 0 Å². The van der Waals surface area contributed by atoms with Crippen molar-refractivity contribution >= 4 is 23.2 Å². The van der Waals surface area contributed by atoms with E-state index in [-0.39, 0.29) is 17.7 Å². The molecule has 1 fully saturated rings. The van der Waals surface area contributed by atoms with Gasteiger partial charge in [-0.15, -0.1) is 0 Å². The molecule has 3 aromatic rings. The molecule has 0 bridgehead atoms. The topological polar surface area (TPSA) is 47.6 Å². The first-order valence-electron chi connectivity index (χ1n) is 9.11. The van der Waals surface area contributed by atoms with Gasteiger partial charge in [0.1, 0.15) is 11.5 Å². The van der Waals surface area contributed by atoms with Crippen molar-refractivity contribution in [1.29, 1.82) is 0 Å². The predicted molar refractivity (Wildman–Crippen MR) is 110 cm³/mol. The maximum absolute atomic E-state index is 12.8. The zero-order chi connectivity index (χ0) is 19.5. The van der Waals surface area contributed by atoms with Crippen LogP contribution in [0.5, 0.6) is 17.2 Å². The SMILES string of the molecule is COc1ccc(C2CC2C(=O)Nc2cc(Cl)ccc2Oc2ccccc2)cc1. The molecular formula is C23H20ClNO3. The molecular weight excluding hydrogens is 374 g/mol. The largest absolute Gasteiger partial charge is 0.497 e. The van der Waals surface area contributed by atoms with Crippen LogP contribution in [-0.2, 0) is 4.79 Å². The average molecular weight is 394 g/mol. The number of para-hydroxylation sites is 1. The molecule has 2 atom stereocenters. The van der Waals surface area contributed by atoms with Crippen molar-refractivity contribution in [2.75, 3.05) is 12.4 Å². The highest BCUT2D eigenvalue weighted by Crippen LogP contribution is 2.48. The molecule has 0 spiro atoms. The lowest BCUT2D eigenvalue weighted by Gasteiger charge is -2.13. The van der Waals surface area contributed by atoms with E-state index in [1.165, 1.54) is 0 Å². The third kappa shape index (κ3) is 4.12. The minimum absolute atomic E-state index is 0.0269. The molecule has 1 saturated carbocycles. The molecule has 5 heteroatoms. The number of halogens is 1. The number of rotatable bonds is 6. The maximum Gasteiger partial charge on any atom is 0.228 e. The van der Waals surface area contributed by atoms with Crippen LogP contribution in [0.4, 0.5) is 5.69 Å². The first-order chi connectivity index (χ1) is 13.6. The molecule has 2 unspecified atom stereocenters. The van der Waals surface area contributed by atoms with Crippen LogP contribution in [0.3, 0.4) is 0 Å². The number of hydrogen-bond donors (Lipinski definition) is 1. The Hall–Kier alpha value is -2.98. The van der Waals surface area contributed by atoms with Crippen LogP contribution in [0.15, 0.2) is 72.8 Å². The van der Waals surface area contributed by atoms with Crippen LogP contribution in [-0.4, -0.2) is 13.0 Å². The summed E-state index contributed by atoms with van der Waals surface area (Å²) >= 11 is 6.13. The third-order valence-electron chi connectivity index (χ3n) is 4.84. The molecule has 4 nitrogen and oxygen atoms in total. The Morgan fingerprint density at radius 1 is 1.00 bits per heavy atom. The first-order valence-corrected chi connectivity index (χ1v) is 9.49. The van der Waals surface area contributed by atoms with Crippen LogP contribution in [0.25, 0.3) is 0 Å². The number of ether oxygens (including phenoxy) is 2. The average Bonchev–Trinajstić information content (AvgIpc) is 3.52. The lowest BCUT2D eigenvalue weighted by atomic mass is 10.1. The number of carbonyl (C=O) groups excluding carboxylic acids is 1. The van der Waals surface area contributed by atoms with E-state index in [1.54, 1.807) is 25.3 Å². The second-order valence-corrected chi connectivity index (χ2v) is 7.20. The fraction of sp³-hybridized carbons (Fsp3) is 0.174. The van der Waals surface area contributed by atoms with Gasteiger partial charge in [-0.25, -0.2) is 0 Å². The highest BCUT2D eigenvalue weighted by molar-refractivity contribution is 6.31. The number of methoxy groups -OCH3 is 1. The highest BCUT2D eigenvalue weighted by Gasteiger charge is 2.44. The summed E-state index contributed by atoms with van der Waals surface area (Å²) in [6, 6.07) is 22.5. The fourth-order valence-corrected chi connectivity index (χ4v) is 3.41. The van der Waals surface area contributed by atoms with Gasteiger partial charge in [-0.2, -0.15) is 0 Å². The smallest absolute Gasteiger partial charge is 0.228 e. The van der Waals surface area contributed by atoms with E-state index in [2.05, 4.69) is 5.32 Å². The Labute approximate surface area is 169 Å². The zero-order valence-corrected chi connectivity index (χ0v) is 16.1. The van der Waals surface area contributed by atoms with Crippen LogP contribution >= 0.6 is 11.6 Å². The van der Waals surface area contributed by atoms with Gasteiger partial charge in [0.2, 0.25) is 5.91 Å². The summed E-state index contributed by atoms with van der Waals surface area (Å²) in [4.78, 5) is 12.8. The molecule has 1 N–H and O–H groups in total. The van der Waals surface area contributed by atoms with Gasteiger partial charge in [0.25, 0.3) is 0 Å². The standard InChI is InChI=1S/C23H20ClNO3/c1-27-17-10-7-15(8-11-17)19-14-20(19)23(26)25-21-13-16(24)9-12-22(21)28-18-5-3-2-4-6-18/h2-13,19-20H,14H2,1H3,(H,25,26). The van der Waals surface area contributed by atoms with E-state index in [9.17, 15) is 4.79 Å². The van der Waals surface area contributed by atoms with E-state index in [4.69, 9.17) is 21.1 Å². The number of nitrogens with one attached hydrogen (secondary N) is 1. The molecule has 4 rings (SSSR count). The maximum atomic E-state index is 12.8.